The molecule has 2 heterocycles. The Morgan fingerprint density at radius 1 is 1.06 bits per heavy atom. The number of aromatic nitrogens is 2. The molecule has 1 amide bonds. The highest BCUT2D eigenvalue weighted by atomic mass is 35.5. The topological polar surface area (TPSA) is 50.6 Å². The van der Waals surface area contributed by atoms with Gasteiger partial charge in [-0.05, 0) is 36.8 Å². The summed E-state index contributed by atoms with van der Waals surface area (Å²) in [5.41, 5.74) is 3.77. The van der Waals surface area contributed by atoms with Crippen molar-refractivity contribution in [1.82, 2.24) is 19.6 Å². The molecule has 1 aromatic heterocycles. The van der Waals surface area contributed by atoms with Crippen molar-refractivity contribution in [2.75, 3.05) is 26.2 Å². The number of amides is 1. The van der Waals surface area contributed by atoms with Crippen molar-refractivity contribution in [3.05, 3.63) is 80.0 Å². The van der Waals surface area contributed by atoms with Crippen LogP contribution in [0.15, 0.2) is 42.6 Å². The van der Waals surface area contributed by atoms with Crippen molar-refractivity contribution >= 4 is 40.7 Å². The van der Waals surface area contributed by atoms with Crippen LogP contribution >= 0.6 is 34.8 Å². The first-order valence-corrected chi connectivity index (χ1v) is 11.8. The number of rotatable bonds is 6. The third kappa shape index (κ3) is 5.82. The molecular formula is C24H25Cl3N4O2. The molecule has 4 rings (SSSR count). The van der Waals surface area contributed by atoms with Crippen molar-refractivity contribution < 1.29 is 9.53 Å². The van der Waals surface area contributed by atoms with Crippen LogP contribution in [0.5, 0.6) is 5.75 Å². The van der Waals surface area contributed by atoms with Gasteiger partial charge in [-0.1, -0.05) is 46.9 Å². The van der Waals surface area contributed by atoms with Crippen molar-refractivity contribution in [3.63, 3.8) is 0 Å². The molecule has 0 aliphatic carbocycles. The quantitative estimate of drug-likeness (QED) is 0.459. The largest absolute Gasteiger partial charge is 0.486 e. The van der Waals surface area contributed by atoms with E-state index in [2.05, 4.69) is 16.2 Å². The van der Waals surface area contributed by atoms with Crippen LogP contribution in [0.1, 0.15) is 27.2 Å². The normalized spacial score (nSPS) is 14.5. The first-order valence-electron chi connectivity index (χ1n) is 10.7. The van der Waals surface area contributed by atoms with Gasteiger partial charge in [0.25, 0.3) is 5.91 Å². The van der Waals surface area contributed by atoms with E-state index in [0.29, 0.717) is 39.5 Å². The van der Waals surface area contributed by atoms with Crippen molar-refractivity contribution in [1.29, 1.82) is 0 Å². The Balaban J connectivity index is 1.35. The molecule has 33 heavy (non-hydrogen) atoms. The van der Waals surface area contributed by atoms with E-state index in [0.717, 1.165) is 30.9 Å². The summed E-state index contributed by atoms with van der Waals surface area (Å²) < 4.78 is 7.65. The Kier molecular flexibility index (Phi) is 7.49. The molecule has 3 aromatic rings. The Hall–Kier alpha value is -2.25. The molecule has 0 unspecified atom stereocenters. The van der Waals surface area contributed by atoms with Gasteiger partial charge in [-0.2, -0.15) is 5.10 Å². The molecule has 0 saturated carbocycles. The average Bonchev–Trinajstić information content (AvgIpc) is 3.09. The fourth-order valence-corrected chi connectivity index (χ4v) is 4.88. The number of halogens is 3. The Labute approximate surface area is 208 Å². The fraction of sp³-hybridized carbons (Fsp3) is 0.333. The SMILES string of the molecule is Cc1nn(C)cc1CN1CCN(C(=O)c2cccc(COc3c(Cl)cc(Cl)cc3Cl)c2)CC1. The molecule has 174 valence electrons. The molecule has 0 radical (unpaired) electrons. The van der Waals surface area contributed by atoms with E-state index in [1.807, 2.05) is 47.8 Å². The molecule has 1 aliphatic heterocycles. The standard InChI is InChI=1S/C24H25Cl3N4O2/c1-16-19(13-29(2)28-16)14-30-6-8-31(9-7-30)24(32)18-5-3-4-17(10-18)15-33-23-21(26)11-20(25)12-22(23)27/h3-5,10-13H,6-9,14-15H2,1-2H3. The van der Waals surface area contributed by atoms with E-state index < -0.39 is 0 Å². The molecule has 0 bridgehead atoms. The van der Waals surface area contributed by atoms with Gasteiger partial charge in [-0.25, -0.2) is 0 Å². The van der Waals surface area contributed by atoms with Crippen molar-refractivity contribution in [2.45, 2.75) is 20.1 Å². The van der Waals surface area contributed by atoms with Crippen LogP contribution in [0.25, 0.3) is 0 Å². The van der Waals surface area contributed by atoms with Crippen molar-refractivity contribution in [2.24, 2.45) is 7.05 Å². The van der Waals surface area contributed by atoms with E-state index in [1.54, 1.807) is 12.1 Å². The molecule has 2 aromatic carbocycles. The van der Waals surface area contributed by atoms with Gasteiger partial charge >= 0.3 is 0 Å². The summed E-state index contributed by atoms with van der Waals surface area (Å²) in [7, 11) is 1.94. The van der Waals surface area contributed by atoms with Crippen LogP contribution in [-0.4, -0.2) is 51.7 Å². The van der Waals surface area contributed by atoms with Crippen LogP contribution in [0.2, 0.25) is 15.1 Å². The van der Waals surface area contributed by atoms with Gasteiger partial charge < -0.3 is 9.64 Å². The molecular weight excluding hydrogens is 483 g/mol. The molecule has 1 saturated heterocycles. The Morgan fingerprint density at radius 2 is 1.76 bits per heavy atom. The molecule has 9 heteroatoms. The summed E-state index contributed by atoms with van der Waals surface area (Å²) in [6, 6.07) is 10.6. The third-order valence-electron chi connectivity index (χ3n) is 5.69. The minimum absolute atomic E-state index is 0.0246. The first-order chi connectivity index (χ1) is 15.8. The highest BCUT2D eigenvalue weighted by Gasteiger charge is 2.23. The molecule has 6 nitrogen and oxygen atoms in total. The first kappa shape index (κ1) is 23.9. The molecule has 0 N–H and O–H groups in total. The molecule has 1 fully saturated rings. The zero-order valence-electron chi connectivity index (χ0n) is 18.5. The lowest BCUT2D eigenvalue weighted by Crippen LogP contribution is -2.48. The summed E-state index contributed by atoms with van der Waals surface area (Å²) in [5, 5.41) is 5.55. The number of benzene rings is 2. The highest BCUT2D eigenvalue weighted by molar-refractivity contribution is 6.40. The predicted molar refractivity (Wildman–Crippen MR) is 131 cm³/mol. The van der Waals surface area contributed by atoms with E-state index >= 15 is 0 Å². The Morgan fingerprint density at radius 3 is 2.39 bits per heavy atom. The summed E-state index contributed by atoms with van der Waals surface area (Å²) >= 11 is 18.3. The zero-order chi connectivity index (χ0) is 23.5. The van der Waals surface area contributed by atoms with Crippen LogP contribution in [-0.2, 0) is 20.2 Å². The highest BCUT2D eigenvalue weighted by Crippen LogP contribution is 2.36. The maximum Gasteiger partial charge on any atom is 0.253 e. The van der Waals surface area contributed by atoms with Gasteiger partial charge in [0.1, 0.15) is 6.61 Å². The number of carbonyl (C=O) groups excluding carboxylic acids is 1. The minimum atomic E-state index is 0.0246. The number of aryl methyl sites for hydroxylation is 2. The second kappa shape index (κ2) is 10.3. The van der Waals surface area contributed by atoms with E-state index in [9.17, 15) is 4.79 Å². The monoisotopic (exact) mass is 506 g/mol. The van der Waals surface area contributed by atoms with Gasteiger partial charge in [-0.3, -0.25) is 14.4 Å². The molecule has 0 spiro atoms. The van der Waals surface area contributed by atoms with E-state index in [-0.39, 0.29) is 12.5 Å². The number of piperazine rings is 1. The summed E-state index contributed by atoms with van der Waals surface area (Å²) in [6.07, 6.45) is 2.06. The summed E-state index contributed by atoms with van der Waals surface area (Å²) in [6.45, 7) is 6.15. The zero-order valence-corrected chi connectivity index (χ0v) is 20.8. The minimum Gasteiger partial charge on any atom is -0.486 e. The van der Waals surface area contributed by atoms with Gasteiger partial charge in [-0.15, -0.1) is 0 Å². The number of hydrogen-bond acceptors (Lipinski definition) is 4. The van der Waals surface area contributed by atoms with E-state index in [1.165, 1.54) is 5.56 Å². The predicted octanol–water partition coefficient (Wildman–Crippen LogP) is 5.23. The lowest BCUT2D eigenvalue weighted by molar-refractivity contribution is 0.0628. The molecule has 0 atom stereocenters. The smallest absolute Gasteiger partial charge is 0.253 e. The van der Waals surface area contributed by atoms with Crippen LogP contribution in [0, 0.1) is 6.92 Å². The summed E-state index contributed by atoms with van der Waals surface area (Å²) in [4.78, 5) is 17.4. The number of carbonyl (C=O) groups is 1. The van der Waals surface area contributed by atoms with E-state index in [4.69, 9.17) is 39.5 Å². The number of nitrogens with zero attached hydrogens (tertiary/aromatic N) is 4. The van der Waals surface area contributed by atoms with Crippen molar-refractivity contribution in [3.8, 4) is 5.75 Å². The van der Waals surface area contributed by atoms with Gasteiger partial charge in [0.05, 0.1) is 15.7 Å². The number of ether oxygens (including phenoxy) is 1. The third-order valence-corrected chi connectivity index (χ3v) is 6.47. The molecule has 1 aliphatic rings. The lowest BCUT2D eigenvalue weighted by atomic mass is 10.1. The van der Waals surface area contributed by atoms with Gasteiger partial charge in [0.2, 0.25) is 0 Å². The maximum absolute atomic E-state index is 13.1. The summed E-state index contributed by atoms with van der Waals surface area (Å²) in [5.74, 6) is 0.399. The fourth-order valence-electron chi connectivity index (χ4n) is 3.95. The second-order valence-electron chi connectivity index (χ2n) is 8.17. The van der Waals surface area contributed by atoms with Crippen LogP contribution in [0.3, 0.4) is 0 Å². The second-order valence-corrected chi connectivity index (χ2v) is 9.42. The van der Waals surface area contributed by atoms with Crippen LogP contribution in [0.4, 0.5) is 0 Å². The lowest BCUT2D eigenvalue weighted by Gasteiger charge is -2.34. The number of hydrogen-bond donors (Lipinski definition) is 0. The van der Waals surface area contributed by atoms with Gasteiger partial charge in [0.15, 0.2) is 5.75 Å². The maximum atomic E-state index is 13.1. The average molecular weight is 508 g/mol. The Bertz CT molecular complexity index is 1130. The van der Waals surface area contributed by atoms with Gasteiger partial charge in [0, 0.05) is 62.1 Å². The van der Waals surface area contributed by atoms with Crippen LogP contribution < -0.4 is 4.74 Å².